The molecule has 6 heteroatoms. The third-order valence-electron chi connectivity index (χ3n) is 3.32. The van der Waals surface area contributed by atoms with Gasteiger partial charge in [-0.05, 0) is 24.5 Å². The number of hydrogen-bond acceptors (Lipinski definition) is 3. The number of amides is 1. The fourth-order valence-corrected chi connectivity index (χ4v) is 2.21. The number of carbonyl (C=O) groups excluding carboxylic acids is 1. The van der Waals surface area contributed by atoms with E-state index in [0.29, 0.717) is 19.4 Å². The van der Waals surface area contributed by atoms with Crippen LogP contribution in [-0.2, 0) is 16.0 Å². The molecule has 6 nitrogen and oxygen atoms in total. The summed E-state index contributed by atoms with van der Waals surface area (Å²) < 4.78 is 0. The third kappa shape index (κ3) is 4.06. The number of carbonyl (C=O) groups is 2. The van der Waals surface area contributed by atoms with Crippen LogP contribution in [0, 0.1) is 0 Å². The Kier molecular flexibility index (Phi) is 4.94. The van der Waals surface area contributed by atoms with Crippen molar-refractivity contribution >= 4 is 22.8 Å². The van der Waals surface area contributed by atoms with E-state index < -0.39 is 12.0 Å². The molecule has 21 heavy (non-hydrogen) atoms. The van der Waals surface area contributed by atoms with Gasteiger partial charge in [-0.3, -0.25) is 9.59 Å². The lowest BCUT2D eigenvalue weighted by Crippen LogP contribution is -2.42. The van der Waals surface area contributed by atoms with Crippen LogP contribution in [0.5, 0.6) is 0 Å². The molecule has 1 aromatic heterocycles. The highest BCUT2D eigenvalue weighted by atomic mass is 16.4. The number of aromatic nitrogens is 1. The van der Waals surface area contributed by atoms with E-state index in [0.717, 1.165) is 16.5 Å². The Morgan fingerprint density at radius 2 is 2.10 bits per heavy atom. The fraction of sp³-hybridized carbons (Fsp3) is 0.333. The van der Waals surface area contributed by atoms with Crippen LogP contribution >= 0.6 is 0 Å². The van der Waals surface area contributed by atoms with Crippen LogP contribution < -0.4 is 11.1 Å². The number of aliphatic carboxylic acids is 1. The maximum absolute atomic E-state index is 11.9. The first-order valence-corrected chi connectivity index (χ1v) is 6.88. The predicted octanol–water partition coefficient (Wildman–Crippen LogP) is 1.02. The van der Waals surface area contributed by atoms with Crippen LogP contribution in [0.4, 0.5) is 0 Å². The number of hydrogen-bond donors (Lipinski definition) is 4. The Bertz CT molecular complexity index is 636. The molecule has 0 unspecified atom stereocenters. The smallest absolute Gasteiger partial charge is 0.303 e. The molecular weight excluding hydrogens is 270 g/mol. The highest BCUT2D eigenvalue weighted by Crippen LogP contribution is 2.18. The van der Waals surface area contributed by atoms with Gasteiger partial charge >= 0.3 is 5.97 Å². The topological polar surface area (TPSA) is 108 Å². The fourth-order valence-electron chi connectivity index (χ4n) is 2.21. The van der Waals surface area contributed by atoms with Crippen molar-refractivity contribution in [1.29, 1.82) is 0 Å². The van der Waals surface area contributed by atoms with Gasteiger partial charge in [0, 0.05) is 30.1 Å². The van der Waals surface area contributed by atoms with Gasteiger partial charge in [0.2, 0.25) is 5.91 Å². The molecule has 0 bridgehead atoms. The Morgan fingerprint density at radius 3 is 2.86 bits per heavy atom. The van der Waals surface area contributed by atoms with Crippen molar-refractivity contribution in [1.82, 2.24) is 10.3 Å². The lowest BCUT2D eigenvalue weighted by Gasteiger charge is -2.11. The monoisotopic (exact) mass is 289 g/mol. The summed E-state index contributed by atoms with van der Waals surface area (Å²) in [4.78, 5) is 25.4. The molecule has 0 saturated carbocycles. The van der Waals surface area contributed by atoms with E-state index >= 15 is 0 Å². The number of nitrogens with one attached hydrogen (secondary N) is 2. The van der Waals surface area contributed by atoms with E-state index in [9.17, 15) is 9.59 Å². The van der Waals surface area contributed by atoms with Crippen LogP contribution in [0.15, 0.2) is 30.5 Å². The molecular formula is C15H19N3O3. The molecule has 0 saturated heterocycles. The minimum Gasteiger partial charge on any atom is -0.481 e. The van der Waals surface area contributed by atoms with Crippen LogP contribution in [0.3, 0.4) is 0 Å². The molecule has 1 heterocycles. The van der Waals surface area contributed by atoms with Gasteiger partial charge in [-0.15, -0.1) is 0 Å². The van der Waals surface area contributed by atoms with Gasteiger partial charge in [0.15, 0.2) is 0 Å². The summed E-state index contributed by atoms with van der Waals surface area (Å²) in [7, 11) is 0. The number of para-hydroxylation sites is 1. The zero-order valence-corrected chi connectivity index (χ0v) is 11.6. The Hall–Kier alpha value is -2.34. The Morgan fingerprint density at radius 1 is 1.33 bits per heavy atom. The molecule has 112 valence electrons. The van der Waals surface area contributed by atoms with Gasteiger partial charge in [-0.25, -0.2) is 0 Å². The molecule has 0 spiro atoms. The van der Waals surface area contributed by atoms with Crippen LogP contribution in [-0.4, -0.2) is 34.6 Å². The van der Waals surface area contributed by atoms with Crippen molar-refractivity contribution in [2.24, 2.45) is 5.73 Å². The molecule has 1 atom stereocenters. The summed E-state index contributed by atoms with van der Waals surface area (Å²) in [6, 6.07) is 7.19. The van der Waals surface area contributed by atoms with E-state index in [1.807, 2.05) is 30.5 Å². The first-order chi connectivity index (χ1) is 10.1. The second kappa shape index (κ2) is 6.90. The van der Waals surface area contributed by atoms with Crippen molar-refractivity contribution in [2.45, 2.75) is 25.3 Å². The molecule has 0 aliphatic carbocycles. The summed E-state index contributed by atoms with van der Waals surface area (Å²) in [6.07, 6.45) is 2.75. The highest BCUT2D eigenvalue weighted by Gasteiger charge is 2.15. The van der Waals surface area contributed by atoms with Crippen molar-refractivity contribution < 1.29 is 14.7 Å². The van der Waals surface area contributed by atoms with Gasteiger partial charge in [0.1, 0.15) is 0 Å². The van der Waals surface area contributed by atoms with E-state index in [2.05, 4.69) is 10.3 Å². The molecule has 1 aromatic carbocycles. The van der Waals surface area contributed by atoms with Crippen molar-refractivity contribution in [2.75, 3.05) is 6.54 Å². The Balaban J connectivity index is 1.87. The number of fused-ring (bicyclic) bond motifs is 1. The normalized spacial score (nSPS) is 12.2. The molecule has 0 radical (unpaired) electrons. The lowest BCUT2D eigenvalue weighted by molar-refractivity contribution is -0.137. The minimum absolute atomic E-state index is 0.0396. The minimum atomic E-state index is -0.868. The number of H-pyrrole nitrogens is 1. The van der Waals surface area contributed by atoms with E-state index in [1.54, 1.807) is 0 Å². The van der Waals surface area contributed by atoms with E-state index in [-0.39, 0.29) is 12.3 Å². The maximum Gasteiger partial charge on any atom is 0.303 e. The van der Waals surface area contributed by atoms with Gasteiger partial charge in [0.05, 0.1) is 6.04 Å². The first kappa shape index (κ1) is 15.1. The number of nitrogens with two attached hydrogens (primary N) is 1. The quantitative estimate of drug-likeness (QED) is 0.571. The lowest BCUT2D eigenvalue weighted by atomic mass is 10.1. The van der Waals surface area contributed by atoms with Gasteiger partial charge in [0.25, 0.3) is 0 Å². The third-order valence-corrected chi connectivity index (χ3v) is 3.32. The largest absolute Gasteiger partial charge is 0.481 e. The van der Waals surface area contributed by atoms with E-state index in [4.69, 9.17) is 10.8 Å². The maximum atomic E-state index is 11.9. The predicted molar refractivity (Wildman–Crippen MR) is 79.9 cm³/mol. The van der Waals surface area contributed by atoms with Crippen LogP contribution in [0.2, 0.25) is 0 Å². The molecule has 2 aromatic rings. The molecule has 1 amide bonds. The van der Waals surface area contributed by atoms with Gasteiger partial charge in [-0.2, -0.15) is 0 Å². The van der Waals surface area contributed by atoms with Crippen molar-refractivity contribution in [3.63, 3.8) is 0 Å². The SMILES string of the molecule is N[C@@H](Cc1c[nH]c2ccccc12)C(=O)NCCCC(=O)O. The van der Waals surface area contributed by atoms with Crippen LogP contribution in [0.25, 0.3) is 10.9 Å². The zero-order valence-electron chi connectivity index (χ0n) is 11.6. The summed E-state index contributed by atoms with van der Waals surface area (Å²) in [5.41, 5.74) is 7.91. The number of carboxylic acids is 1. The van der Waals surface area contributed by atoms with Crippen molar-refractivity contribution in [3.8, 4) is 0 Å². The molecule has 0 aliphatic rings. The number of aromatic amines is 1. The molecule has 2 rings (SSSR count). The summed E-state index contributed by atoms with van der Waals surface area (Å²) in [6.45, 7) is 0.326. The average Bonchev–Trinajstić information content (AvgIpc) is 2.86. The molecule has 0 aliphatic heterocycles. The second-order valence-electron chi connectivity index (χ2n) is 4.96. The second-order valence-corrected chi connectivity index (χ2v) is 4.96. The summed E-state index contributed by atoms with van der Waals surface area (Å²) >= 11 is 0. The number of carboxylic acid groups (broad SMARTS) is 1. The van der Waals surface area contributed by atoms with Gasteiger partial charge < -0.3 is 21.1 Å². The zero-order chi connectivity index (χ0) is 15.2. The van der Waals surface area contributed by atoms with Crippen LogP contribution in [0.1, 0.15) is 18.4 Å². The van der Waals surface area contributed by atoms with Crippen molar-refractivity contribution in [3.05, 3.63) is 36.0 Å². The Labute approximate surface area is 122 Å². The molecule has 0 fully saturated rings. The number of benzene rings is 1. The first-order valence-electron chi connectivity index (χ1n) is 6.88. The average molecular weight is 289 g/mol. The van der Waals surface area contributed by atoms with E-state index in [1.165, 1.54) is 0 Å². The standard InChI is InChI=1S/C15H19N3O3/c16-12(15(21)17-7-3-6-14(19)20)8-10-9-18-13-5-2-1-4-11(10)13/h1-2,4-5,9,12,18H,3,6-8,16H2,(H,17,21)(H,19,20)/t12-/m0/s1. The summed E-state index contributed by atoms with van der Waals surface area (Å²) in [5.74, 6) is -1.13. The molecule has 5 N–H and O–H groups in total. The summed E-state index contributed by atoms with van der Waals surface area (Å²) in [5, 5.41) is 12.2. The highest BCUT2D eigenvalue weighted by molar-refractivity contribution is 5.86. The number of rotatable bonds is 7. The van der Waals surface area contributed by atoms with Gasteiger partial charge in [-0.1, -0.05) is 18.2 Å².